The van der Waals surface area contributed by atoms with Crippen LogP contribution in [0, 0.1) is 20.8 Å². The molecule has 1 rings (SSSR count). The Morgan fingerprint density at radius 3 is 2.41 bits per heavy atom. The molecule has 0 saturated heterocycles. The average Bonchev–Trinajstić information content (AvgIpc) is 2.24. The van der Waals surface area contributed by atoms with Crippen LogP contribution in [0.3, 0.4) is 0 Å². The van der Waals surface area contributed by atoms with Gasteiger partial charge in [0.15, 0.2) is 0 Å². The summed E-state index contributed by atoms with van der Waals surface area (Å²) < 4.78 is 0. The molecule has 0 fully saturated rings. The zero-order valence-electron chi connectivity index (χ0n) is 10.8. The molecular formula is C14H20N2O. The van der Waals surface area contributed by atoms with Crippen molar-refractivity contribution in [3.8, 4) is 0 Å². The molecule has 92 valence electrons. The molecule has 0 atom stereocenters. The summed E-state index contributed by atoms with van der Waals surface area (Å²) in [5.41, 5.74) is 4.32. The molecule has 0 unspecified atom stereocenters. The first-order valence-electron chi connectivity index (χ1n) is 5.74. The van der Waals surface area contributed by atoms with E-state index in [9.17, 15) is 4.79 Å². The van der Waals surface area contributed by atoms with Crippen LogP contribution in [0.1, 0.15) is 16.7 Å². The van der Waals surface area contributed by atoms with Crippen molar-refractivity contribution in [3.05, 3.63) is 41.5 Å². The molecule has 0 aliphatic rings. The zero-order chi connectivity index (χ0) is 12.8. The summed E-state index contributed by atoms with van der Waals surface area (Å²) in [6, 6.07) is 4.14. The van der Waals surface area contributed by atoms with E-state index in [0.29, 0.717) is 13.1 Å². The van der Waals surface area contributed by atoms with Gasteiger partial charge in [0.1, 0.15) is 0 Å². The van der Waals surface area contributed by atoms with Gasteiger partial charge in [0.05, 0.1) is 6.54 Å². The Bertz CT molecular complexity index is 401. The number of benzene rings is 1. The van der Waals surface area contributed by atoms with Gasteiger partial charge in [-0.3, -0.25) is 4.79 Å². The van der Waals surface area contributed by atoms with Crippen molar-refractivity contribution in [3.63, 3.8) is 0 Å². The third-order valence-corrected chi connectivity index (χ3v) is 2.52. The monoisotopic (exact) mass is 232 g/mol. The maximum Gasteiger partial charge on any atom is 0.238 e. The van der Waals surface area contributed by atoms with E-state index in [1.807, 2.05) is 13.8 Å². The van der Waals surface area contributed by atoms with E-state index in [1.54, 1.807) is 6.08 Å². The molecule has 0 bridgehead atoms. The van der Waals surface area contributed by atoms with Gasteiger partial charge in [-0.05, 0) is 31.9 Å². The van der Waals surface area contributed by atoms with E-state index < -0.39 is 0 Å². The Labute approximate surface area is 103 Å². The fraction of sp³-hybridized carbons (Fsp3) is 0.357. The number of aryl methyl sites for hydroxylation is 3. The van der Waals surface area contributed by atoms with Crippen LogP contribution >= 0.6 is 0 Å². The fourth-order valence-electron chi connectivity index (χ4n) is 1.85. The molecule has 0 heterocycles. The Kier molecular flexibility index (Phi) is 4.91. The van der Waals surface area contributed by atoms with E-state index in [1.165, 1.54) is 5.56 Å². The van der Waals surface area contributed by atoms with Gasteiger partial charge in [-0.1, -0.05) is 23.8 Å². The molecule has 1 aromatic carbocycles. The maximum absolute atomic E-state index is 11.7. The van der Waals surface area contributed by atoms with E-state index in [0.717, 1.165) is 16.8 Å². The lowest BCUT2D eigenvalue weighted by atomic mass is 10.1. The van der Waals surface area contributed by atoms with Gasteiger partial charge >= 0.3 is 0 Å². The first-order valence-corrected chi connectivity index (χ1v) is 5.74. The van der Waals surface area contributed by atoms with Crippen molar-refractivity contribution < 1.29 is 4.79 Å². The normalized spacial score (nSPS) is 10.1. The number of carbonyl (C=O) groups is 1. The zero-order valence-corrected chi connectivity index (χ0v) is 10.8. The van der Waals surface area contributed by atoms with Crippen LogP contribution in [0.2, 0.25) is 0 Å². The van der Waals surface area contributed by atoms with Crippen LogP contribution in [0.25, 0.3) is 0 Å². The van der Waals surface area contributed by atoms with Crippen LogP contribution < -0.4 is 10.6 Å². The summed E-state index contributed by atoms with van der Waals surface area (Å²) >= 11 is 0. The number of rotatable bonds is 5. The molecule has 3 nitrogen and oxygen atoms in total. The second-order valence-electron chi connectivity index (χ2n) is 4.24. The predicted octanol–water partition coefficient (Wildman–Crippen LogP) is 2.33. The van der Waals surface area contributed by atoms with E-state index >= 15 is 0 Å². The van der Waals surface area contributed by atoms with Crippen LogP contribution in [0.4, 0.5) is 5.69 Å². The highest BCUT2D eigenvalue weighted by atomic mass is 16.1. The van der Waals surface area contributed by atoms with E-state index in [2.05, 4.69) is 36.3 Å². The third-order valence-electron chi connectivity index (χ3n) is 2.52. The van der Waals surface area contributed by atoms with Crippen LogP contribution in [-0.2, 0) is 4.79 Å². The fourth-order valence-corrected chi connectivity index (χ4v) is 1.85. The summed E-state index contributed by atoms with van der Waals surface area (Å²) in [5.74, 6) is -0.0260. The Morgan fingerprint density at radius 2 is 1.88 bits per heavy atom. The number of hydrogen-bond donors (Lipinski definition) is 2. The number of hydrogen-bond acceptors (Lipinski definition) is 2. The lowest BCUT2D eigenvalue weighted by molar-refractivity contribution is -0.115. The predicted molar refractivity (Wildman–Crippen MR) is 72.3 cm³/mol. The average molecular weight is 232 g/mol. The van der Waals surface area contributed by atoms with Crippen molar-refractivity contribution in [2.75, 3.05) is 18.4 Å². The van der Waals surface area contributed by atoms with Crippen LogP contribution in [0.15, 0.2) is 24.8 Å². The first kappa shape index (κ1) is 13.5. The minimum Gasteiger partial charge on any atom is -0.324 e. The van der Waals surface area contributed by atoms with Crippen molar-refractivity contribution >= 4 is 11.6 Å². The minimum atomic E-state index is -0.0260. The van der Waals surface area contributed by atoms with Gasteiger partial charge in [-0.25, -0.2) is 0 Å². The van der Waals surface area contributed by atoms with Gasteiger partial charge in [0.2, 0.25) is 5.91 Å². The standard InChI is InChI=1S/C14H20N2O/c1-5-6-15-9-13(17)16-14-11(3)7-10(2)8-12(14)4/h5,7-8,15H,1,6,9H2,2-4H3,(H,16,17). The lowest BCUT2D eigenvalue weighted by Gasteiger charge is -2.12. The topological polar surface area (TPSA) is 41.1 Å². The minimum absolute atomic E-state index is 0.0260. The second kappa shape index (κ2) is 6.21. The number of anilines is 1. The van der Waals surface area contributed by atoms with Gasteiger partial charge in [0, 0.05) is 12.2 Å². The molecule has 1 amide bonds. The Hall–Kier alpha value is -1.61. The largest absolute Gasteiger partial charge is 0.324 e. The molecule has 2 N–H and O–H groups in total. The van der Waals surface area contributed by atoms with Gasteiger partial charge in [-0.2, -0.15) is 0 Å². The highest BCUT2D eigenvalue weighted by Gasteiger charge is 2.07. The summed E-state index contributed by atoms with van der Waals surface area (Å²) in [7, 11) is 0. The van der Waals surface area contributed by atoms with Crippen molar-refractivity contribution in [1.29, 1.82) is 0 Å². The smallest absolute Gasteiger partial charge is 0.238 e. The van der Waals surface area contributed by atoms with Crippen LogP contribution in [0.5, 0.6) is 0 Å². The molecule has 0 saturated carbocycles. The molecule has 0 spiro atoms. The molecule has 17 heavy (non-hydrogen) atoms. The van der Waals surface area contributed by atoms with E-state index in [-0.39, 0.29) is 5.91 Å². The summed E-state index contributed by atoms with van der Waals surface area (Å²) in [4.78, 5) is 11.7. The van der Waals surface area contributed by atoms with Gasteiger partial charge in [-0.15, -0.1) is 6.58 Å². The third kappa shape index (κ3) is 4.04. The Morgan fingerprint density at radius 1 is 1.29 bits per heavy atom. The van der Waals surface area contributed by atoms with Crippen molar-refractivity contribution in [2.24, 2.45) is 0 Å². The quantitative estimate of drug-likeness (QED) is 0.604. The van der Waals surface area contributed by atoms with Crippen LogP contribution in [-0.4, -0.2) is 19.0 Å². The summed E-state index contributed by atoms with van der Waals surface area (Å²) in [6.45, 7) is 10.6. The number of carbonyl (C=O) groups excluding carboxylic acids is 1. The first-order chi connectivity index (χ1) is 8.04. The number of amides is 1. The summed E-state index contributed by atoms with van der Waals surface area (Å²) in [6.07, 6.45) is 1.73. The molecule has 3 heteroatoms. The molecule has 0 aliphatic carbocycles. The molecule has 0 aromatic heterocycles. The summed E-state index contributed by atoms with van der Waals surface area (Å²) in [5, 5.41) is 5.90. The second-order valence-corrected chi connectivity index (χ2v) is 4.24. The van der Waals surface area contributed by atoms with E-state index in [4.69, 9.17) is 0 Å². The SMILES string of the molecule is C=CCNCC(=O)Nc1c(C)cc(C)cc1C. The number of nitrogens with one attached hydrogen (secondary N) is 2. The highest BCUT2D eigenvalue weighted by Crippen LogP contribution is 2.21. The lowest BCUT2D eigenvalue weighted by Crippen LogP contribution is -2.28. The molecular weight excluding hydrogens is 212 g/mol. The van der Waals surface area contributed by atoms with Gasteiger partial charge < -0.3 is 10.6 Å². The van der Waals surface area contributed by atoms with Crippen molar-refractivity contribution in [1.82, 2.24) is 5.32 Å². The maximum atomic E-state index is 11.7. The molecule has 1 aromatic rings. The Balaban J connectivity index is 2.68. The molecule has 0 aliphatic heterocycles. The van der Waals surface area contributed by atoms with Crippen molar-refractivity contribution in [2.45, 2.75) is 20.8 Å². The highest BCUT2D eigenvalue weighted by molar-refractivity contribution is 5.93. The molecule has 0 radical (unpaired) electrons. The van der Waals surface area contributed by atoms with Gasteiger partial charge in [0.25, 0.3) is 0 Å².